The van der Waals surface area contributed by atoms with Gasteiger partial charge in [0.15, 0.2) is 9.84 Å². The van der Waals surface area contributed by atoms with Crippen LogP contribution in [0.3, 0.4) is 0 Å². The molecule has 0 amide bonds. The van der Waals surface area contributed by atoms with Gasteiger partial charge in [0.05, 0.1) is 4.90 Å². The smallest absolute Gasteiger partial charge is 0.175 e. The minimum atomic E-state index is -3.19. The molecule has 1 N–H and O–H groups in total. The maximum Gasteiger partial charge on any atom is 0.175 e. The van der Waals surface area contributed by atoms with Gasteiger partial charge in [0.2, 0.25) is 0 Å². The van der Waals surface area contributed by atoms with E-state index < -0.39 is 9.84 Å². The van der Waals surface area contributed by atoms with Crippen molar-refractivity contribution in [1.82, 2.24) is 5.32 Å². The number of hydrogen-bond acceptors (Lipinski definition) is 3. The zero-order valence-corrected chi connectivity index (χ0v) is 10.6. The predicted octanol–water partition coefficient (Wildman–Crippen LogP) is 2.17. The maximum absolute atomic E-state index is 11.5. The third-order valence-electron chi connectivity index (χ3n) is 2.78. The molecule has 1 aromatic rings. The number of sulfone groups is 1. The lowest BCUT2D eigenvalue weighted by molar-refractivity contribution is 0.600. The highest BCUT2D eigenvalue weighted by Crippen LogP contribution is 2.28. The SMILES string of the molecule is CS(=O)(=O)c1cc(Cl)cc(C2CCCN2)c1. The Morgan fingerprint density at radius 1 is 1.38 bits per heavy atom. The van der Waals surface area contributed by atoms with Crippen molar-refractivity contribution < 1.29 is 8.42 Å². The zero-order valence-electron chi connectivity index (χ0n) is 9.03. The van der Waals surface area contributed by atoms with E-state index in [1.54, 1.807) is 6.07 Å². The Kier molecular flexibility index (Phi) is 3.24. The summed E-state index contributed by atoms with van der Waals surface area (Å²) in [5.41, 5.74) is 0.963. The third kappa shape index (κ3) is 2.56. The minimum absolute atomic E-state index is 0.235. The summed E-state index contributed by atoms with van der Waals surface area (Å²) in [6.07, 6.45) is 3.35. The fraction of sp³-hybridized carbons (Fsp3) is 0.455. The van der Waals surface area contributed by atoms with Crippen molar-refractivity contribution in [3.8, 4) is 0 Å². The Bertz CT molecular complexity index is 493. The quantitative estimate of drug-likeness (QED) is 0.886. The van der Waals surface area contributed by atoms with Gasteiger partial charge in [-0.05, 0) is 43.1 Å². The van der Waals surface area contributed by atoms with Gasteiger partial charge >= 0.3 is 0 Å². The molecule has 3 nitrogen and oxygen atoms in total. The van der Waals surface area contributed by atoms with Crippen molar-refractivity contribution in [2.75, 3.05) is 12.8 Å². The van der Waals surface area contributed by atoms with E-state index in [9.17, 15) is 8.42 Å². The van der Waals surface area contributed by atoms with Crippen molar-refractivity contribution in [2.45, 2.75) is 23.8 Å². The average molecular weight is 260 g/mol. The van der Waals surface area contributed by atoms with Gasteiger partial charge in [-0.1, -0.05) is 11.6 Å². The summed E-state index contributed by atoms with van der Waals surface area (Å²) in [6, 6.07) is 5.28. The van der Waals surface area contributed by atoms with Crippen LogP contribution in [-0.4, -0.2) is 21.2 Å². The van der Waals surface area contributed by atoms with Crippen molar-refractivity contribution in [1.29, 1.82) is 0 Å². The van der Waals surface area contributed by atoms with Crippen LogP contribution in [0.5, 0.6) is 0 Å². The Balaban J connectivity index is 2.43. The van der Waals surface area contributed by atoms with Crippen LogP contribution in [0.2, 0.25) is 5.02 Å². The highest BCUT2D eigenvalue weighted by atomic mass is 35.5. The van der Waals surface area contributed by atoms with E-state index in [0.717, 1.165) is 24.9 Å². The van der Waals surface area contributed by atoms with E-state index in [2.05, 4.69) is 5.32 Å². The molecule has 1 heterocycles. The van der Waals surface area contributed by atoms with E-state index >= 15 is 0 Å². The van der Waals surface area contributed by atoms with E-state index in [1.807, 2.05) is 6.07 Å². The number of hydrogen-bond donors (Lipinski definition) is 1. The maximum atomic E-state index is 11.5. The van der Waals surface area contributed by atoms with Crippen molar-refractivity contribution in [3.05, 3.63) is 28.8 Å². The van der Waals surface area contributed by atoms with Gasteiger partial charge in [-0.15, -0.1) is 0 Å². The van der Waals surface area contributed by atoms with Crippen LogP contribution in [0.1, 0.15) is 24.4 Å². The predicted molar refractivity (Wildman–Crippen MR) is 64.5 cm³/mol. The number of rotatable bonds is 2. The number of nitrogens with one attached hydrogen (secondary N) is 1. The Labute approximate surface area is 101 Å². The molecule has 1 saturated heterocycles. The van der Waals surface area contributed by atoms with Crippen LogP contribution < -0.4 is 5.32 Å². The zero-order chi connectivity index (χ0) is 11.8. The molecule has 5 heteroatoms. The van der Waals surface area contributed by atoms with Gasteiger partial charge in [-0.25, -0.2) is 8.42 Å². The Morgan fingerprint density at radius 2 is 2.12 bits per heavy atom. The fourth-order valence-corrected chi connectivity index (χ4v) is 2.97. The second kappa shape index (κ2) is 4.35. The van der Waals surface area contributed by atoms with Gasteiger partial charge in [0.1, 0.15) is 0 Å². The molecule has 1 fully saturated rings. The van der Waals surface area contributed by atoms with Gasteiger partial charge < -0.3 is 5.32 Å². The molecule has 1 atom stereocenters. The molecule has 1 unspecified atom stereocenters. The summed E-state index contributed by atoms with van der Waals surface area (Å²) < 4.78 is 22.9. The standard InChI is InChI=1S/C11H14ClNO2S/c1-16(14,15)10-6-8(5-9(12)7-10)11-3-2-4-13-11/h5-7,11,13H,2-4H2,1H3. The second-order valence-corrected chi connectivity index (χ2v) is 6.59. The second-order valence-electron chi connectivity index (χ2n) is 4.14. The first-order chi connectivity index (χ1) is 7.47. The molecule has 0 radical (unpaired) electrons. The molecule has 1 aromatic carbocycles. The first-order valence-electron chi connectivity index (χ1n) is 5.21. The highest BCUT2D eigenvalue weighted by Gasteiger charge is 2.18. The molecule has 16 heavy (non-hydrogen) atoms. The van der Waals surface area contributed by atoms with Crippen LogP contribution in [0.25, 0.3) is 0 Å². The molecule has 88 valence electrons. The molecule has 1 aliphatic heterocycles. The number of halogens is 1. The summed E-state index contributed by atoms with van der Waals surface area (Å²) in [5.74, 6) is 0. The third-order valence-corrected chi connectivity index (χ3v) is 4.09. The van der Waals surface area contributed by atoms with Crippen LogP contribution in [0, 0.1) is 0 Å². The average Bonchev–Trinajstić information content (AvgIpc) is 2.68. The molecule has 0 spiro atoms. The summed E-state index contributed by atoms with van der Waals surface area (Å²) >= 11 is 5.94. The molecule has 2 rings (SSSR count). The lowest BCUT2D eigenvalue weighted by Gasteiger charge is -2.12. The van der Waals surface area contributed by atoms with Gasteiger partial charge in [-0.3, -0.25) is 0 Å². The minimum Gasteiger partial charge on any atom is -0.310 e. The molecular formula is C11H14ClNO2S. The van der Waals surface area contributed by atoms with E-state index in [0.29, 0.717) is 9.92 Å². The van der Waals surface area contributed by atoms with Crippen LogP contribution in [0.4, 0.5) is 0 Å². The van der Waals surface area contributed by atoms with Gasteiger partial charge in [0.25, 0.3) is 0 Å². The van der Waals surface area contributed by atoms with E-state index in [1.165, 1.54) is 12.3 Å². The highest BCUT2D eigenvalue weighted by molar-refractivity contribution is 7.90. The van der Waals surface area contributed by atoms with Crippen molar-refractivity contribution >= 4 is 21.4 Å². The van der Waals surface area contributed by atoms with Gasteiger partial charge in [0, 0.05) is 17.3 Å². The summed E-state index contributed by atoms with van der Waals surface area (Å²) in [7, 11) is -3.19. The van der Waals surface area contributed by atoms with Crippen molar-refractivity contribution in [3.63, 3.8) is 0 Å². The Morgan fingerprint density at radius 3 is 2.69 bits per heavy atom. The lowest BCUT2D eigenvalue weighted by Crippen LogP contribution is -2.13. The van der Waals surface area contributed by atoms with E-state index in [4.69, 9.17) is 11.6 Å². The Hall–Kier alpha value is -0.580. The largest absolute Gasteiger partial charge is 0.310 e. The molecule has 0 bridgehead atoms. The molecular weight excluding hydrogens is 246 g/mol. The van der Waals surface area contributed by atoms with E-state index in [-0.39, 0.29) is 6.04 Å². The monoisotopic (exact) mass is 259 g/mol. The van der Waals surface area contributed by atoms with Crippen LogP contribution >= 0.6 is 11.6 Å². The summed E-state index contributed by atoms with van der Waals surface area (Å²) in [6.45, 7) is 0.978. The first kappa shape index (κ1) is 11.9. The molecule has 0 aromatic heterocycles. The lowest BCUT2D eigenvalue weighted by atomic mass is 10.1. The molecule has 0 saturated carbocycles. The normalized spacial score (nSPS) is 21.2. The topological polar surface area (TPSA) is 46.2 Å². The van der Waals surface area contributed by atoms with Crippen LogP contribution in [-0.2, 0) is 9.84 Å². The molecule has 1 aliphatic rings. The van der Waals surface area contributed by atoms with Crippen molar-refractivity contribution in [2.24, 2.45) is 0 Å². The fourth-order valence-electron chi connectivity index (χ4n) is 1.97. The van der Waals surface area contributed by atoms with Gasteiger partial charge in [-0.2, -0.15) is 0 Å². The number of benzene rings is 1. The summed E-state index contributed by atoms with van der Waals surface area (Å²) in [4.78, 5) is 0.295. The molecule has 0 aliphatic carbocycles. The van der Waals surface area contributed by atoms with Crippen LogP contribution in [0.15, 0.2) is 23.1 Å². The first-order valence-corrected chi connectivity index (χ1v) is 7.48. The summed E-state index contributed by atoms with van der Waals surface area (Å²) in [5, 5.41) is 3.80.